The number of aromatic nitrogens is 2. The fourth-order valence-electron chi connectivity index (χ4n) is 2.12. The number of sulfonamides is 1. The molecule has 2 rings (SSSR count). The topological polar surface area (TPSA) is 64.0 Å². The van der Waals surface area contributed by atoms with Gasteiger partial charge in [-0.25, -0.2) is 13.1 Å². The van der Waals surface area contributed by atoms with Gasteiger partial charge >= 0.3 is 0 Å². The zero-order valence-electron chi connectivity index (χ0n) is 11.9. The van der Waals surface area contributed by atoms with E-state index < -0.39 is 10.0 Å². The third-order valence-corrected chi connectivity index (χ3v) is 4.92. The number of benzene rings is 1. The number of hydrogen-bond donors (Lipinski definition) is 1. The molecule has 0 aliphatic rings. The van der Waals surface area contributed by atoms with Crippen molar-refractivity contribution in [1.82, 2.24) is 14.5 Å². The summed E-state index contributed by atoms with van der Waals surface area (Å²) < 4.78 is 29.2. The van der Waals surface area contributed by atoms with Gasteiger partial charge in [0.1, 0.15) is 4.90 Å². The van der Waals surface area contributed by atoms with Crippen LogP contribution in [0, 0.1) is 6.92 Å². The van der Waals surface area contributed by atoms with Gasteiger partial charge < -0.3 is 0 Å². The second kappa shape index (κ2) is 5.76. The molecule has 0 unspecified atom stereocenters. The molecule has 0 aliphatic heterocycles. The molecule has 0 saturated heterocycles. The van der Waals surface area contributed by atoms with Crippen molar-refractivity contribution < 1.29 is 8.42 Å². The molecule has 2 aromatic rings. The highest BCUT2D eigenvalue weighted by molar-refractivity contribution is 7.89. The number of rotatable bonds is 5. The van der Waals surface area contributed by atoms with Crippen LogP contribution in [0.4, 0.5) is 0 Å². The molecule has 20 heavy (non-hydrogen) atoms. The maximum Gasteiger partial charge on any atom is 0.244 e. The van der Waals surface area contributed by atoms with Gasteiger partial charge in [0.2, 0.25) is 10.0 Å². The van der Waals surface area contributed by atoms with Gasteiger partial charge in [0.05, 0.1) is 11.9 Å². The van der Waals surface area contributed by atoms with Gasteiger partial charge in [0, 0.05) is 12.6 Å². The van der Waals surface area contributed by atoms with Gasteiger partial charge in [-0.05, 0) is 26.3 Å². The number of nitrogens with one attached hydrogen (secondary N) is 1. The van der Waals surface area contributed by atoms with E-state index in [0.29, 0.717) is 12.2 Å². The van der Waals surface area contributed by atoms with E-state index >= 15 is 0 Å². The van der Waals surface area contributed by atoms with Crippen LogP contribution in [-0.2, 0) is 16.6 Å². The Balaban J connectivity index is 2.25. The lowest BCUT2D eigenvalue weighted by Crippen LogP contribution is -2.27. The van der Waals surface area contributed by atoms with Gasteiger partial charge in [-0.15, -0.1) is 0 Å². The summed E-state index contributed by atoms with van der Waals surface area (Å²) in [5.74, 6) is 0. The van der Waals surface area contributed by atoms with Gasteiger partial charge in [0.25, 0.3) is 0 Å². The van der Waals surface area contributed by atoms with E-state index in [0.717, 1.165) is 5.56 Å². The van der Waals surface area contributed by atoms with Crippen LogP contribution in [0.25, 0.3) is 0 Å². The van der Waals surface area contributed by atoms with Gasteiger partial charge in [0.15, 0.2) is 0 Å². The molecule has 5 nitrogen and oxygen atoms in total. The minimum atomic E-state index is -3.56. The predicted octanol–water partition coefficient (Wildman–Crippen LogP) is 2.25. The lowest BCUT2D eigenvalue weighted by Gasteiger charge is -2.14. The van der Waals surface area contributed by atoms with E-state index in [1.807, 2.05) is 44.2 Å². The molecule has 0 saturated carbocycles. The molecule has 1 aromatic carbocycles. The predicted molar refractivity (Wildman–Crippen MR) is 77.8 cm³/mol. The standard InChI is InChI=1S/C14H19N3O2S/c1-4-17-12(3)14(10-15-17)20(18,19)16-11(2)13-8-6-5-7-9-13/h5-11,16H,4H2,1-3H3/t11-/m1/s1. The minimum absolute atomic E-state index is 0.238. The lowest BCUT2D eigenvalue weighted by atomic mass is 10.1. The average molecular weight is 293 g/mol. The average Bonchev–Trinajstić information content (AvgIpc) is 2.81. The maximum absolute atomic E-state index is 12.4. The van der Waals surface area contributed by atoms with Gasteiger partial charge in [-0.2, -0.15) is 5.10 Å². The summed E-state index contributed by atoms with van der Waals surface area (Å²) in [6.45, 7) is 6.16. The van der Waals surface area contributed by atoms with Crippen molar-refractivity contribution in [3.05, 3.63) is 47.8 Å². The Morgan fingerprint density at radius 3 is 2.50 bits per heavy atom. The molecule has 1 atom stereocenters. The lowest BCUT2D eigenvalue weighted by molar-refractivity contribution is 0.565. The number of hydrogen-bond acceptors (Lipinski definition) is 3. The summed E-state index contributed by atoms with van der Waals surface area (Å²) in [4.78, 5) is 0.238. The highest BCUT2D eigenvalue weighted by atomic mass is 32.2. The molecule has 1 aromatic heterocycles. The van der Waals surface area contributed by atoms with E-state index in [1.54, 1.807) is 11.6 Å². The first kappa shape index (κ1) is 14.7. The summed E-state index contributed by atoms with van der Waals surface area (Å²) in [6.07, 6.45) is 1.40. The van der Waals surface area contributed by atoms with Crippen molar-refractivity contribution in [3.8, 4) is 0 Å². The fourth-order valence-corrected chi connectivity index (χ4v) is 3.53. The monoisotopic (exact) mass is 293 g/mol. The molecule has 6 heteroatoms. The molecule has 1 heterocycles. The Labute approximate surface area is 119 Å². The van der Waals surface area contributed by atoms with Crippen LogP contribution >= 0.6 is 0 Å². The van der Waals surface area contributed by atoms with Crippen molar-refractivity contribution in [1.29, 1.82) is 0 Å². The summed E-state index contributed by atoms with van der Waals surface area (Å²) in [5, 5.41) is 4.08. The molecule has 0 aliphatic carbocycles. The second-order valence-electron chi connectivity index (χ2n) is 4.66. The zero-order chi connectivity index (χ0) is 14.8. The molecule has 0 bridgehead atoms. The van der Waals surface area contributed by atoms with Crippen LogP contribution in [0.1, 0.15) is 31.1 Å². The van der Waals surface area contributed by atoms with Crippen molar-refractivity contribution >= 4 is 10.0 Å². The summed E-state index contributed by atoms with van der Waals surface area (Å²) in [7, 11) is -3.56. The fraction of sp³-hybridized carbons (Fsp3) is 0.357. The number of nitrogens with zero attached hydrogens (tertiary/aromatic N) is 2. The second-order valence-corrected chi connectivity index (χ2v) is 6.35. The van der Waals surface area contributed by atoms with Crippen molar-refractivity contribution in [2.45, 2.75) is 38.3 Å². The number of aryl methyl sites for hydroxylation is 1. The van der Waals surface area contributed by atoms with E-state index in [4.69, 9.17) is 0 Å². The Bertz CT molecular complexity index is 678. The van der Waals surface area contributed by atoms with Crippen LogP contribution < -0.4 is 4.72 Å². The Morgan fingerprint density at radius 1 is 1.30 bits per heavy atom. The molecule has 1 N–H and O–H groups in total. The summed E-state index contributed by atoms with van der Waals surface area (Å²) in [5.41, 5.74) is 1.58. The first-order valence-corrected chi connectivity index (χ1v) is 8.03. The minimum Gasteiger partial charge on any atom is -0.269 e. The molecular weight excluding hydrogens is 274 g/mol. The Kier molecular flexibility index (Phi) is 4.25. The highest BCUT2D eigenvalue weighted by Crippen LogP contribution is 2.19. The smallest absolute Gasteiger partial charge is 0.244 e. The molecule has 0 radical (unpaired) electrons. The maximum atomic E-state index is 12.4. The highest BCUT2D eigenvalue weighted by Gasteiger charge is 2.22. The Hall–Kier alpha value is -1.66. The van der Waals surface area contributed by atoms with E-state index in [2.05, 4.69) is 9.82 Å². The zero-order valence-corrected chi connectivity index (χ0v) is 12.7. The largest absolute Gasteiger partial charge is 0.269 e. The first-order valence-electron chi connectivity index (χ1n) is 6.55. The van der Waals surface area contributed by atoms with Crippen LogP contribution in [0.5, 0.6) is 0 Å². The molecule has 0 amide bonds. The Morgan fingerprint density at radius 2 is 1.95 bits per heavy atom. The van der Waals surface area contributed by atoms with E-state index in [1.165, 1.54) is 6.20 Å². The quantitative estimate of drug-likeness (QED) is 0.919. The molecular formula is C14H19N3O2S. The SMILES string of the molecule is CCn1ncc(S(=O)(=O)N[C@H](C)c2ccccc2)c1C. The normalized spacial score (nSPS) is 13.3. The molecule has 0 spiro atoms. The van der Waals surface area contributed by atoms with Crippen LogP contribution in [0.3, 0.4) is 0 Å². The van der Waals surface area contributed by atoms with Crippen LogP contribution in [-0.4, -0.2) is 18.2 Å². The van der Waals surface area contributed by atoms with Crippen molar-refractivity contribution in [3.63, 3.8) is 0 Å². The summed E-state index contributed by atoms with van der Waals surface area (Å²) >= 11 is 0. The van der Waals surface area contributed by atoms with Crippen LogP contribution in [0.15, 0.2) is 41.4 Å². The van der Waals surface area contributed by atoms with Gasteiger partial charge in [-0.3, -0.25) is 4.68 Å². The molecule has 0 fully saturated rings. The first-order chi connectivity index (χ1) is 9.45. The van der Waals surface area contributed by atoms with Crippen molar-refractivity contribution in [2.75, 3.05) is 0 Å². The summed E-state index contributed by atoms with van der Waals surface area (Å²) in [6, 6.07) is 9.19. The molecule has 108 valence electrons. The third kappa shape index (κ3) is 2.91. The van der Waals surface area contributed by atoms with Crippen LogP contribution in [0.2, 0.25) is 0 Å². The van der Waals surface area contributed by atoms with E-state index in [9.17, 15) is 8.42 Å². The van der Waals surface area contributed by atoms with Crippen molar-refractivity contribution in [2.24, 2.45) is 0 Å². The third-order valence-electron chi connectivity index (χ3n) is 3.28. The van der Waals surface area contributed by atoms with Gasteiger partial charge in [-0.1, -0.05) is 30.3 Å². The van der Waals surface area contributed by atoms with E-state index in [-0.39, 0.29) is 10.9 Å².